The van der Waals surface area contributed by atoms with Gasteiger partial charge in [0, 0.05) is 24.2 Å². The maximum Gasteiger partial charge on any atom is 0.256 e. The van der Waals surface area contributed by atoms with Crippen LogP contribution in [0.4, 0.5) is 5.69 Å². The van der Waals surface area contributed by atoms with Crippen molar-refractivity contribution in [3.8, 4) is 0 Å². The standard InChI is InChI=1S/C20H20ClN3O3S/c1-3-24(4-2)28(26,27)15-9-7-8-14(12-15)22-20(25)17-13-19(21)23-18-11-6-5-10-16(17)18/h5-13H,3-4H2,1-2H3,(H,22,25). The number of nitrogens with one attached hydrogen (secondary N) is 1. The molecule has 3 aromatic rings. The van der Waals surface area contributed by atoms with Gasteiger partial charge in [0.05, 0.1) is 16.0 Å². The molecule has 0 aliphatic rings. The van der Waals surface area contributed by atoms with E-state index in [0.717, 1.165) is 0 Å². The summed E-state index contributed by atoms with van der Waals surface area (Å²) < 4.78 is 26.8. The van der Waals surface area contributed by atoms with Crippen molar-refractivity contribution in [2.45, 2.75) is 18.7 Å². The van der Waals surface area contributed by atoms with Crippen molar-refractivity contribution in [3.05, 3.63) is 65.3 Å². The zero-order valence-electron chi connectivity index (χ0n) is 15.5. The van der Waals surface area contributed by atoms with Gasteiger partial charge in [0.15, 0.2) is 0 Å². The molecule has 146 valence electrons. The summed E-state index contributed by atoms with van der Waals surface area (Å²) >= 11 is 6.05. The summed E-state index contributed by atoms with van der Waals surface area (Å²) in [4.78, 5) is 17.2. The van der Waals surface area contributed by atoms with E-state index in [1.807, 2.05) is 12.1 Å². The van der Waals surface area contributed by atoms with Gasteiger partial charge >= 0.3 is 0 Å². The summed E-state index contributed by atoms with van der Waals surface area (Å²) in [6.07, 6.45) is 0. The van der Waals surface area contributed by atoms with Gasteiger partial charge in [-0.15, -0.1) is 0 Å². The normalized spacial score (nSPS) is 11.7. The number of anilines is 1. The zero-order chi connectivity index (χ0) is 20.3. The van der Waals surface area contributed by atoms with E-state index in [2.05, 4.69) is 10.3 Å². The van der Waals surface area contributed by atoms with Crippen LogP contribution >= 0.6 is 11.6 Å². The molecule has 3 rings (SSSR count). The van der Waals surface area contributed by atoms with Gasteiger partial charge in [-0.1, -0.05) is 49.7 Å². The quantitative estimate of drug-likeness (QED) is 0.610. The molecule has 1 amide bonds. The van der Waals surface area contributed by atoms with Crippen molar-refractivity contribution in [1.29, 1.82) is 0 Å². The molecule has 1 N–H and O–H groups in total. The van der Waals surface area contributed by atoms with Gasteiger partial charge in [-0.3, -0.25) is 4.79 Å². The average molecular weight is 418 g/mol. The molecule has 0 spiro atoms. The topological polar surface area (TPSA) is 79.4 Å². The smallest absolute Gasteiger partial charge is 0.256 e. The first-order valence-electron chi connectivity index (χ1n) is 8.83. The van der Waals surface area contributed by atoms with Crippen LogP contribution in [0, 0.1) is 0 Å². The Balaban J connectivity index is 1.95. The van der Waals surface area contributed by atoms with Crippen molar-refractivity contribution in [3.63, 3.8) is 0 Å². The Bertz CT molecular complexity index is 1130. The molecule has 28 heavy (non-hydrogen) atoms. The molecule has 0 aliphatic heterocycles. The van der Waals surface area contributed by atoms with Crippen molar-refractivity contribution < 1.29 is 13.2 Å². The largest absolute Gasteiger partial charge is 0.322 e. The van der Waals surface area contributed by atoms with Crippen molar-refractivity contribution >= 4 is 44.1 Å². The summed E-state index contributed by atoms with van der Waals surface area (Å²) in [6.45, 7) is 4.31. The van der Waals surface area contributed by atoms with E-state index in [0.29, 0.717) is 35.2 Å². The maximum atomic E-state index is 12.8. The van der Waals surface area contributed by atoms with Gasteiger partial charge in [0.25, 0.3) is 5.91 Å². The summed E-state index contributed by atoms with van der Waals surface area (Å²) in [7, 11) is -3.61. The summed E-state index contributed by atoms with van der Waals surface area (Å²) in [5.41, 5.74) is 1.36. The molecule has 1 aromatic heterocycles. The number of halogens is 1. The molecule has 6 nitrogen and oxygen atoms in total. The lowest BCUT2D eigenvalue weighted by molar-refractivity contribution is 0.102. The number of carbonyl (C=O) groups is 1. The van der Waals surface area contributed by atoms with Crippen molar-refractivity contribution in [2.24, 2.45) is 0 Å². The fourth-order valence-corrected chi connectivity index (χ4v) is 4.68. The molecule has 0 aliphatic carbocycles. The first-order valence-corrected chi connectivity index (χ1v) is 10.7. The number of hydrogen-bond acceptors (Lipinski definition) is 4. The van der Waals surface area contributed by atoms with Crippen LogP contribution in [0.3, 0.4) is 0 Å². The Kier molecular flexibility index (Phi) is 5.98. The third kappa shape index (κ3) is 4.01. The average Bonchev–Trinajstić information content (AvgIpc) is 2.68. The number of fused-ring (bicyclic) bond motifs is 1. The van der Waals surface area contributed by atoms with Crippen LogP contribution < -0.4 is 5.32 Å². The second-order valence-electron chi connectivity index (χ2n) is 6.08. The predicted octanol–water partition coefficient (Wildman–Crippen LogP) is 4.17. The first kappa shape index (κ1) is 20.3. The van der Waals surface area contributed by atoms with Gasteiger partial charge in [-0.2, -0.15) is 4.31 Å². The number of sulfonamides is 1. The molecule has 0 bridgehead atoms. The molecule has 0 saturated heterocycles. The number of nitrogens with zero attached hydrogens (tertiary/aromatic N) is 2. The number of benzene rings is 2. The number of hydrogen-bond donors (Lipinski definition) is 1. The highest BCUT2D eigenvalue weighted by Crippen LogP contribution is 2.23. The van der Waals surface area contributed by atoms with E-state index in [1.54, 1.807) is 38.1 Å². The first-order chi connectivity index (χ1) is 13.4. The molecule has 0 unspecified atom stereocenters. The third-order valence-electron chi connectivity index (χ3n) is 4.36. The second kappa shape index (κ2) is 8.26. The Morgan fingerprint density at radius 1 is 1.07 bits per heavy atom. The minimum atomic E-state index is -3.61. The van der Waals surface area contributed by atoms with Crippen LogP contribution in [-0.4, -0.2) is 36.7 Å². The van der Waals surface area contributed by atoms with Gasteiger partial charge in [-0.25, -0.2) is 13.4 Å². The second-order valence-corrected chi connectivity index (χ2v) is 8.41. The molecule has 0 radical (unpaired) electrons. The van der Waals surface area contributed by atoms with E-state index in [9.17, 15) is 13.2 Å². The van der Waals surface area contributed by atoms with Crippen LogP contribution in [-0.2, 0) is 10.0 Å². The number of rotatable bonds is 6. The highest BCUT2D eigenvalue weighted by atomic mass is 35.5. The number of aromatic nitrogens is 1. The van der Waals surface area contributed by atoms with Crippen LogP contribution in [0.15, 0.2) is 59.5 Å². The van der Waals surface area contributed by atoms with Gasteiger partial charge in [0.2, 0.25) is 10.0 Å². The zero-order valence-corrected chi connectivity index (χ0v) is 17.1. The summed E-state index contributed by atoms with van der Waals surface area (Å²) in [5, 5.41) is 3.63. The van der Waals surface area contributed by atoms with Gasteiger partial charge < -0.3 is 5.32 Å². The fourth-order valence-electron chi connectivity index (χ4n) is 2.98. The summed E-state index contributed by atoms with van der Waals surface area (Å²) in [6, 6.07) is 14.9. The van der Waals surface area contributed by atoms with Crippen LogP contribution in [0.2, 0.25) is 5.15 Å². The minimum absolute atomic E-state index is 0.131. The molecule has 8 heteroatoms. The lowest BCUT2D eigenvalue weighted by Crippen LogP contribution is -2.30. The third-order valence-corrected chi connectivity index (χ3v) is 6.60. The monoisotopic (exact) mass is 417 g/mol. The van der Waals surface area contributed by atoms with Crippen molar-refractivity contribution in [2.75, 3.05) is 18.4 Å². The van der Waals surface area contributed by atoms with Crippen LogP contribution in [0.1, 0.15) is 24.2 Å². The predicted molar refractivity (Wildman–Crippen MR) is 111 cm³/mol. The SMILES string of the molecule is CCN(CC)S(=O)(=O)c1cccc(NC(=O)c2cc(Cl)nc3ccccc23)c1. The summed E-state index contributed by atoms with van der Waals surface area (Å²) in [5.74, 6) is -0.391. The van der Waals surface area contributed by atoms with Crippen LogP contribution in [0.25, 0.3) is 10.9 Å². The Labute approximate surface area is 169 Å². The highest BCUT2D eigenvalue weighted by Gasteiger charge is 2.22. The lowest BCUT2D eigenvalue weighted by atomic mass is 10.1. The molecule has 2 aromatic carbocycles. The Hall–Kier alpha value is -2.48. The minimum Gasteiger partial charge on any atom is -0.322 e. The number of amides is 1. The fraction of sp³-hybridized carbons (Fsp3) is 0.200. The Morgan fingerprint density at radius 2 is 1.79 bits per heavy atom. The molecular weight excluding hydrogens is 398 g/mol. The van der Waals surface area contributed by atoms with E-state index < -0.39 is 15.9 Å². The van der Waals surface area contributed by atoms with E-state index in [-0.39, 0.29) is 10.0 Å². The number of pyridine rings is 1. The van der Waals surface area contributed by atoms with E-state index >= 15 is 0 Å². The Morgan fingerprint density at radius 3 is 2.50 bits per heavy atom. The lowest BCUT2D eigenvalue weighted by Gasteiger charge is -2.19. The molecule has 1 heterocycles. The maximum absolute atomic E-state index is 12.8. The van der Waals surface area contributed by atoms with Gasteiger partial charge in [0.1, 0.15) is 5.15 Å². The molecule has 0 atom stereocenters. The highest BCUT2D eigenvalue weighted by molar-refractivity contribution is 7.89. The number of para-hydroxylation sites is 1. The van der Waals surface area contributed by atoms with Gasteiger partial charge in [-0.05, 0) is 30.3 Å². The van der Waals surface area contributed by atoms with Crippen molar-refractivity contribution in [1.82, 2.24) is 9.29 Å². The van der Waals surface area contributed by atoms with E-state index in [1.165, 1.54) is 22.5 Å². The van der Waals surface area contributed by atoms with Crippen LogP contribution in [0.5, 0.6) is 0 Å². The number of carbonyl (C=O) groups excluding carboxylic acids is 1. The molecular formula is C20H20ClN3O3S. The molecule has 0 saturated carbocycles. The molecule has 0 fully saturated rings. The van der Waals surface area contributed by atoms with E-state index in [4.69, 9.17) is 11.6 Å².